The summed E-state index contributed by atoms with van der Waals surface area (Å²) < 4.78 is 25.4. The Balaban J connectivity index is 2.92. The summed E-state index contributed by atoms with van der Waals surface area (Å²) in [5.74, 6) is -1.78. The lowest BCUT2D eigenvalue weighted by atomic mass is 10.1. The molecule has 1 aliphatic heterocycles. The van der Waals surface area contributed by atoms with Crippen molar-refractivity contribution in [2.45, 2.75) is 45.4 Å². The first-order chi connectivity index (χ1) is 9.35. The second-order valence-corrected chi connectivity index (χ2v) is 4.26. The molecule has 0 amide bonds. The van der Waals surface area contributed by atoms with Crippen molar-refractivity contribution >= 4 is 17.9 Å². The molecular formula is C12H18O8. The minimum absolute atomic E-state index is 0.0908. The zero-order valence-corrected chi connectivity index (χ0v) is 11.8. The van der Waals surface area contributed by atoms with E-state index < -0.39 is 42.5 Å². The van der Waals surface area contributed by atoms with Crippen molar-refractivity contribution in [3.8, 4) is 0 Å². The highest BCUT2D eigenvalue weighted by molar-refractivity contribution is 5.68. The van der Waals surface area contributed by atoms with Crippen molar-refractivity contribution < 1.29 is 38.1 Å². The smallest absolute Gasteiger partial charge is 0.305 e. The minimum Gasteiger partial charge on any atom is -0.455 e. The van der Waals surface area contributed by atoms with Gasteiger partial charge >= 0.3 is 17.9 Å². The van der Waals surface area contributed by atoms with E-state index in [1.807, 2.05) is 0 Å². The Morgan fingerprint density at radius 3 is 1.85 bits per heavy atom. The Bertz CT molecular complexity index is 380. The van der Waals surface area contributed by atoms with Crippen LogP contribution in [0.15, 0.2) is 0 Å². The second-order valence-electron chi connectivity index (χ2n) is 4.26. The first kappa shape index (κ1) is 16.4. The molecule has 0 bridgehead atoms. The second kappa shape index (κ2) is 7.20. The van der Waals surface area contributed by atoms with Gasteiger partial charge in [0.1, 0.15) is 6.10 Å². The van der Waals surface area contributed by atoms with Gasteiger partial charge in [-0.25, -0.2) is 0 Å². The maximum Gasteiger partial charge on any atom is 0.305 e. The number of hydrogen-bond donors (Lipinski definition) is 0. The van der Waals surface area contributed by atoms with Crippen LogP contribution in [0.25, 0.3) is 0 Å². The van der Waals surface area contributed by atoms with E-state index in [1.54, 1.807) is 0 Å². The number of methoxy groups -OCH3 is 1. The van der Waals surface area contributed by atoms with Crippen molar-refractivity contribution in [2.75, 3.05) is 13.7 Å². The predicted molar refractivity (Wildman–Crippen MR) is 63.4 cm³/mol. The van der Waals surface area contributed by atoms with Crippen LogP contribution in [0.4, 0.5) is 0 Å². The van der Waals surface area contributed by atoms with Crippen LogP contribution < -0.4 is 0 Å². The van der Waals surface area contributed by atoms with Crippen molar-refractivity contribution in [1.29, 1.82) is 0 Å². The highest BCUT2D eigenvalue weighted by Crippen LogP contribution is 2.28. The van der Waals surface area contributed by atoms with Gasteiger partial charge in [0.25, 0.3) is 0 Å². The third-order valence-corrected chi connectivity index (χ3v) is 2.48. The lowest BCUT2D eigenvalue weighted by molar-refractivity contribution is -0.196. The van der Waals surface area contributed by atoms with Gasteiger partial charge in [-0.2, -0.15) is 0 Å². The molecule has 8 nitrogen and oxygen atoms in total. The van der Waals surface area contributed by atoms with Gasteiger partial charge in [0.2, 0.25) is 12.4 Å². The summed E-state index contributed by atoms with van der Waals surface area (Å²) in [5, 5.41) is 0. The molecule has 0 saturated carbocycles. The van der Waals surface area contributed by atoms with Gasteiger partial charge in [0.15, 0.2) is 6.10 Å². The van der Waals surface area contributed by atoms with E-state index in [-0.39, 0.29) is 6.61 Å². The molecule has 1 heterocycles. The van der Waals surface area contributed by atoms with Crippen LogP contribution >= 0.6 is 0 Å². The quantitative estimate of drug-likeness (QED) is 0.506. The summed E-state index contributed by atoms with van der Waals surface area (Å²) in [6.07, 6.45) is -3.76. The lowest BCUT2D eigenvalue weighted by Gasteiger charge is -2.22. The maximum absolute atomic E-state index is 11.1. The van der Waals surface area contributed by atoms with E-state index in [4.69, 9.17) is 23.7 Å². The summed E-state index contributed by atoms with van der Waals surface area (Å²) in [4.78, 5) is 33.3. The first-order valence-electron chi connectivity index (χ1n) is 6.01. The molecule has 0 aromatic carbocycles. The van der Waals surface area contributed by atoms with E-state index in [0.29, 0.717) is 0 Å². The zero-order valence-electron chi connectivity index (χ0n) is 11.8. The van der Waals surface area contributed by atoms with E-state index in [9.17, 15) is 14.4 Å². The molecule has 4 atom stereocenters. The average molecular weight is 290 g/mol. The van der Waals surface area contributed by atoms with Gasteiger partial charge in [0.05, 0.1) is 6.61 Å². The molecule has 1 aliphatic rings. The third kappa shape index (κ3) is 4.46. The van der Waals surface area contributed by atoms with Gasteiger partial charge in [-0.15, -0.1) is 0 Å². The molecule has 8 heteroatoms. The van der Waals surface area contributed by atoms with Crippen LogP contribution in [0.2, 0.25) is 0 Å². The standard InChI is InChI=1S/C12H18O8/c1-6(13)17-10-9(5-16-4)20-12(19-8(3)15)11(10)18-7(2)14/h9-12H,5H2,1-4H3/t9-,10-,11-,12-/m1/s1. The number of rotatable bonds is 5. The van der Waals surface area contributed by atoms with Crippen molar-refractivity contribution in [1.82, 2.24) is 0 Å². The fourth-order valence-corrected chi connectivity index (χ4v) is 1.90. The van der Waals surface area contributed by atoms with Crippen LogP contribution in [-0.4, -0.2) is 56.2 Å². The van der Waals surface area contributed by atoms with Crippen LogP contribution in [0.5, 0.6) is 0 Å². The fourth-order valence-electron chi connectivity index (χ4n) is 1.90. The Labute approximate surface area is 116 Å². The molecule has 0 aromatic heterocycles. The highest BCUT2D eigenvalue weighted by atomic mass is 16.7. The molecule has 0 aromatic rings. The zero-order chi connectivity index (χ0) is 15.3. The summed E-state index contributed by atoms with van der Waals surface area (Å²) >= 11 is 0. The Kier molecular flexibility index (Phi) is 5.90. The molecule has 1 saturated heterocycles. The molecule has 20 heavy (non-hydrogen) atoms. The number of carbonyl (C=O) groups excluding carboxylic acids is 3. The molecule has 0 radical (unpaired) electrons. The van der Waals surface area contributed by atoms with E-state index in [0.717, 1.165) is 0 Å². The molecule has 0 unspecified atom stereocenters. The van der Waals surface area contributed by atoms with Crippen LogP contribution in [-0.2, 0) is 38.1 Å². The molecule has 0 aliphatic carbocycles. The molecule has 1 fully saturated rings. The van der Waals surface area contributed by atoms with Crippen molar-refractivity contribution in [3.05, 3.63) is 0 Å². The van der Waals surface area contributed by atoms with Crippen LogP contribution in [0.1, 0.15) is 20.8 Å². The average Bonchev–Trinajstić information content (AvgIpc) is 2.57. The third-order valence-electron chi connectivity index (χ3n) is 2.48. The SMILES string of the molecule is COC[C@H]1O[C@@H](OC(C)=O)[C@H](OC(C)=O)[C@@H]1OC(C)=O. The Hall–Kier alpha value is -1.67. The van der Waals surface area contributed by atoms with E-state index in [1.165, 1.54) is 27.9 Å². The van der Waals surface area contributed by atoms with Crippen molar-refractivity contribution in [3.63, 3.8) is 0 Å². The van der Waals surface area contributed by atoms with E-state index >= 15 is 0 Å². The molecular weight excluding hydrogens is 272 g/mol. The van der Waals surface area contributed by atoms with Crippen molar-refractivity contribution in [2.24, 2.45) is 0 Å². The van der Waals surface area contributed by atoms with Gasteiger partial charge in [-0.05, 0) is 0 Å². The van der Waals surface area contributed by atoms with Crippen LogP contribution in [0.3, 0.4) is 0 Å². The number of ether oxygens (including phenoxy) is 5. The monoisotopic (exact) mass is 290 g/mol. The lowest BCUT2D eigenvalue weighted by Crippen LogP contribution is -2.41. The minimum atomic E-state index is -1.14. The number of hydrogen-bond acceptors (Lipinski definition) is 8. The maximum atomic E-state index is 11.1. The highest BCUT2D eigenvalue weighted by Gasteiger charge is 2.50. The normalized spacial score (nSPS) is 28.8. The van der Waals surface area contributed by atoms with Gasteiger partial charge in [-0.1, -0.05) is 0 Å². The molecule has 114 valence electrons. The Morgan fingerprint density at radius 1 is 0.900 bits per heavy atom. The predicted octanol–water partition coefficient (Wildman–Crippen LogP) is -0.216. The molecule has 0 N–H and O–H groups in total. The van der Waals surface area contributed by atoms with E-state index in [2.05, 4.69) is 0 Å². The summed E-state index contributed by atoms with van der Waals surface area (Å²) in [6.45, 7) is 3.69. The molecule has 0 spiro atoms. The Morgan fingerprint density at radius 2 is 1.40 bits per heavy atom. The summed E-state index contributed by atoms with van der Waals surface area (Å²) in [7, 11) is 1.44. The summed E-state index contributed by atoms with van der Waals surface area (Å²) in [5.41, 5.74) is 0. The van der Waals surface area contributed by atoms with Gasteiger partial charge < -0.3 is 23.7 Å². The van der Waals surface area contributed by atoms with Crippen LogP contribution in [0, 0.1) is 0 Å². The summed E-state index contributed by atoms with van der Waals surface area (Å²) in [6, 6.07) is 0. The number of esters is 3. The molecule has 1 rings (SSSR count). The largest absolute Gasteiger partial charge is 0.455 e. The first-order valence-corrected chi connectivity index (χ1v) is 6.01. The van der Waals surface area contributed by atoms with Gasteiger partial charge in [0, 0.05) is 27.9 Å². The number of carbonyl (C=O) groups is 3. The fraction of sp³-hybridized carbons (Fsp3) is 0.750. The van der Waals surface area contributed by atoms with Gasteiger partial charge in [-0.3, -0.25) is 14.4 Å². The topological polar surface area (TPSA) is 97.4 Å².